The molecule has 0 amide bonds. The monoisotopic (exact) mass is 274 g/mol. The quantitative estimate of drug-likeness (QED) is 0.621. The molecule has 0 aliphatic carbocycles. The van der Waals surface area contributed by atoms with Crippen molar-refractivity contribution in [1.29, 1.82) is 0 Å². The van der Waals surface area contributed by atoms with E-state index in [0.29, 0.717) is 0 Å². The van der Waals surface area contributed by atoms with Crippen LogP contribution in [-0.4, -0.2) is 0 Å². The second kappa shape index (κ2) is 0.326. The first-order chi connectivity index (χ1) is 6.49. The van der Waals surface area contributed by atoms with Gasteiger partial charge in [-0.15, -0.1) is 0 Å². The minimum atomic E-state index is -2.86. The number of hydrogen-bond donors (Lipinski definition) is 0. The van der Waals surface area contributed by atoms with Gasteiger partial charge in [0.2, 0.25) is 0 Å². The van der Waals surface area contributed by atoms with Crippen molar-refractivity contribution < 1.29 is 7.72 Å². The van der Waals surface area contributed by atoms with Crippen molar-refractivity contribution >= 4 is 0 Å². The molecule has 10 aliphatic heterocycles. The van der Waals surface area contributed by atoms with Gasteiger partial charge in [0, 0.05) is 0 Å². The average molecular weight is 273 g/mol. The molecule has 76 valence electrons. The topological polar surface area (TPSA) is 0 Å². The van der Waals surface area contributed by atoms with Gasteiger partial charge in [-0.25, -0.2) is 0 Å². The zero-order chi connectivity index (χ0) is 8.59. The Bertz CT molecular complexity index is 794. The van der Waals surface area contributed by atoms with Crippen LogP contribution >= 0.6 is 0 Å². The van der Waals surface area contributed by atoms with Gasteiger partial charge in [-0.2, -0.15) is 0 Å². The van der Waals surface area contributed by atoms with Crippen LogP contribution in [0.3, 0.4) is 0 Å². The Morgan fingerprint density at radius 3 is 1.29 bits per heavy atom. The molecule has 10 heterocycles. The van der Waals surface area contributed by atoms with Crippen molar-refractivity contribution in [3.63, 3.8) is 0 Å². The zero-order valence-corrected chi connectivity index (χ0v) is 10.4. The average Bonchev–Trinajstić information content (AvgIpc) is 3.13. The summed E-state index contributed by atoms with van der Waals surface area (Å²) in [6, 6.07) is 0. The van der Waals surface area contributed by atoms with E-state index in [0.717, 1.165) is 5.92 Å². The molecule has 4 atom stereocenters. The fourth-order valence-corrected chi connectivity index (χ4v) is 155. The molecule has 4 unspecified atom stereocenters. The van der Waals surface area contributed by atoms with E-state index in [1.807, 2.05) is 0 Å². The molecule has 1 spiro atoms. The molecular weight excluding hydrogens is 257 g/mol. The third-order valence-electron chi connectivity index (χ3n) is 15.7. The first-order valence-corrected chi connectivity index (χ1v) is 16.6. The van der Waals surface area contributed by atoms with Gasteiger partial charge in [0.05, 0.1) is 0 Å². The molecule has 0 radical (unpaired) electrons. The maximum absolute atomic E-state index is 2.86. The second-order valence-electron chi connectivity index (χ2n) is 10.9. The molecule has 10 saturated heterocycles. The summed E-state index contributed by atoms with van der Waals surface area (Å²) >= 11 is 0. The molecular formula is C13H16Ru. The first kappa shape index (κ1) is 4.86. The normalized spacial score (nSPS) is 143. The number of hydrogen-bond acceptors (Lipinski definition) is 0. The summed E-state index contributed by atoms with van der Waals surface area (Å²) in [6.45, 7) is 5.26. The summed E-state index contributed by atoms with van der Waals surface area (Å²) in [5, 5.41) is 0. The van der Waals surface area contributed by atoms with Crippen LogP contribution in [-0.2, 0) is 7.72 Å². The molecule has 10 fully saturated rings. The SMILES string of the molecule is CC(C)[C]12[CH]3[CH]4[CH]5[CH]1[Ru]45321678[CH]2[CH]1[CH]6[CH]7[CH]28. The Balaban J connectivity index is 1.94. The van der Waals surface area contributed by atoms with Crippen LogP contribution in [0, 0.1) is 5.92 Å². The van der Waals surface area contributed by atoms with Crippen LogP contribution in [0.2, 0.25) is 44.6 Å². The first-order valence-electron chi connectivity index (χ1n) is 6.70. The Morgan fingerprint density at radius 1 is 0.786 bits per heavy atom. The van der Waals surface area contributed by atoms with E-state index in [4.69, 9.17) is 0 Å². The van der Waals surface area contributed by atoms with E-state index < -0.39 is 7.72 Å². The van der Waals surface area contributed by atoms with Gasteiger partial charge in [-0.1, -0.05) is 0 Å². The fraction of sp³-hybridized carbons (Fsp3) is 1.00. The minimum absolute atomic E-state index is 1.14. The summed E-state index contributed by atoms with van der Waals surface area (Å²) in [5.74, 6) is 1.14. The Labute approximate surface area is 72.2 Å². The predicted molar refractivity (Wildman–Crippen MR) is 51.3 cm³/mol. The molecule has 0 aromatic heterocycles. The number of fused-ring (bicyclic) bond motifs is 10. The van der Waals surface area contributed by atoms with Crippen LogP contribution in [0.15, 0.2) is 0 Å². The van der Waals surface area contributed by atoms with Crippen LogP contribution in [0.5, 0.6) is 0 Å². The van der Waals surface area contributed by atoms with E-state index in [1.165, 1.54) is 4.01 Å². The maximum atomic E-state index is 2.63. The van der Waals surface area contributed by atoms with E-state index in [2.05, 4.69) is 13.8 Å². The van der Waals surface area contributed by atoms with E-state index in [1.54, 1.807) is 40.6 Å². The van der Waals surface area contributed by atoms with Crippen molar-refractivity contribution in [2.75, 3.05) is 0 Å². The van der Waals surface area contributed by atoms with Crippen LogP contribution in [0.4, 0.5) is 0 Å². The number of rotatable bonds is 1. The van der Waals surface area contributed by atoms with Crippen molar-refractivity contribution in [1.82, 2.24) is 0 Å². The molecule has 0 saturated carbocycles. The molecule has 10 aliphatic rings. The van der Waals surface area contributed by atoms with Crippen molar-refractivity contribution in [2.24, 2.45) is 5.92 Å². The third kappa shape index (κ3) is 0.0354. The summed E-state index contributed by atoms with van der Waals surface area (Å²) in [7, 11) is -2.86. The third-order valence-corrected chi connectivity index (χ3v) is 83.3. The van der Waals surface area contributed by atoms with Gasteiger partial charge < -0.3 is 0 Å². The van der Waals surface area contributed by atoms with E-state index in [-0.39, 0.29) is 0 Å². The van der Waals surface area contributed by atoms with Crippen LogP contribution in [0.1, 0.15) is 13.8 Å². The van der Waals surface area contributed by atoms with Gasteiger partial charge in [0.25, 0.3) is 0 Å². The van der Waals surface area contributed by atoms with E-state index in [9.17, 15) is 0 Å². The van der Waals surface area contributed by atoms with Crippen molar-refractivity contribution in [3.8, 4) is 0 Å². The molecule has 10 rings (SSSR count). The molecule has 0 aromatic rings. The molecule has 1 heteroatoms. The Hall–Kier alpha value is 0.623. The molecule has 0 N–H and O–H groups in total. The Morgan fingerprint density at radius 2 is 1.21 bits per heavy atom. The van der Waals surface area contributed by atoms with Gasteiger partial charge in [-0.3, -0.25) is 0 Å². The van der Waals surface area contributed by atoms with Gasteiger partial charge in [-0.05, 0) is 0 Å². The van der Waals surface area contributed by atoms with Crippen molar-refractivity contribution in [2.45, 2.75) is 58.5 Å². The zero-order valence-electron chi connectivity index (χ0n) is 8.63. The fourth-order valence-electron chi connectivity index (χ4n) is 18.0. The van der Waals surface area contributed by atoms with Crippen LogP contribution in [0.25, 0.3) is 0 Å². The van der Waals surface area contributed by atoms with Crippen molar-refractivity contribution in [3.05, 3.63) is 0 Å². The second-order valence-corrected chi connectivity index (χ2v) is 48.0. The van der Waals surface area contributed by atoms with Gasteiger partial charge >= 0.3 is 72.1 Å². The molecule has 0 aromatic carbocycles. The van der Waals surface area contributed by atoms with Gasteiger partial charge in [0.15, 0.2) is 0 Å². The standard InChI is InChI=1S/C8H11.C5H5.Ru/c1-7(2)8-5-3-4-6-8;1-2-4-5-3-1;/h3-7H,1-2H3;1-5H;. The van der Waals surface area contributed by atoms with Crippen LogP contribution < -0.4 is 0 Å². The summed E-state index contributed by atoms with van der Waals surface area (Å²) < 4.78 is 15.3. The molecule has 0 bridgehead atoms. The van der Waals surface area contributed by atoms with Gasteiger partial charge in [0.1, 0.15) is 0 Å². The van der Waals surface area contributed by atoms with E-state index >= 15 is 0 Å². The summed E-state index contributed by atoms with van der Waals surface area (Å²) in [5.41, 5.74) is 0. The summed E-state index contributed by atoms with van der Waals surface area (Å²) in [6.07, 6.45) is 0. The molecule has 0 nitrogen and oxygen atoms in total. The Kier molecular flexibility index (Phi) is 0.113. The summed E-state index contributed by atoms with van der Waals surface area (Å²) in [4.78, 5) is 0. The predicted octanol–water partition coefficient (Wildman–Crippen LogP) is 4.40. The molecule has 14 heavy (non-hydrogen) atoms.